The second kappa shape index (κ2) is 6.33. The third-order valence-electron chi connectivity index (χ3n) is 1.30. The molecule has 1 N–H and O–H groups in total. The molecule has 0 unspecified atom stereocenters. The predicted molar refractivity (Wildman–Crippen MR) is 60.9 cm³/mol. The molecule has 1 aromatic carbocycles. The number of phenols is 1. The zero-order chi connectivity index (χ0) is 12.8. The zero-order valence-corrected chi connectivity index (χ0v) is 10.4. The van der Waals surface area contributed by atoms with Gasteiger partial charge in [0.05, 0.1) is 0 Å². The summed E-state index contributed by atoms with van der Waals surface area (Å²) in [5, 5.41) is 9.26. The van der Waals surface area contributed by atoms with E-state index in [1.54, 1.807) is 20.8 Å². The Hall–Kier alpha value is -1.29. The van der Waals surface area contributed by atoms with E-state index in [1.807, 2.05) is 13.8 Å². The summed E-state index contributed by atoms with van der Waals surface area (Å²) in [5.74, 6) is -0.675. The Kier molecular flexibility index (Phi) is 5.82. The average Bonchev–Trinajstić information content (AvgIpc) is 2.21. The van der Waals surface area contributed by atoms with Crippen LogP contribution in [0.1, 0.15) is 34.6 Å². The molecule has 0 aliphatic heterocycles. The number of aromatic hydroxyl groups is 1. The standard InChI is InChI=1S/C10H13FO3.C2H6/c1-10(2,3)14-13-9-6-7(11)4-5-8(9)12;1-2/h4-6,12H,1-3H3;1-2H3. The third kappa shape index (κ3) is 5.56. The van der Waals surface area contributed by atoms with Crippen LogP contribution in [0.5, 0.6) is 11.5 Å². The van der Waals surface area contributed by atoms with Gasteiger partial charge < -0.3 is 9.99 Å². The van der Waals surface area contributed by atoms with Gasteiger partial charge in [0.2, 0.25) is 5.75 Å². The number of hydrogen-bond acceptors (Lipinski definition) is 3. The van der Waals surface area contributed by atoms with Crippen molar-refractivity contribution in [2.75, 3.05) is 0 Å². The molecule has 92 valence electrons. The van der Waals surface area contributed by atoms with E-state index in [9.17, 15) is 9.50 Å². The van der Waals surface area contributed by atoms with Crippen molar-refractivity contribution in [1.29, 1.82) is 0 Å². The van der Waals surface area contributed by atoms with Crippen LogP contribution in [0.2, 0.25) is 0 Å². The van der Waals surface area contributed by atoms with Gasteiger partial charge in [-0.15, -0.1) is 0 Å². The highest BCUT2D eigenvalue weighted by molar-refractivity contribution is 5.38. The maximum atomic E-state index is 12.7. The summed E-state index contributed by atoms with van der Waals surface area (Å²) in [4.78, 5) is 9.72. The summed E-state index contributed by atoms with van der Waals surface area (Å²) in [5.41, 5.74) is -0.515. The molecule has 0 heterocycles. The molecule has 0 fully saturated rings. The molecular formula is C12H19FO3. The molecule has 0 radical (unpaired) electrons. The zero-order valence-electron chi connectivity index (χ0n) is 10.4. The number of benzene rings is 1. The lowest BCUT2D eigenvalue weighted by Crippen LogP contribution is -2.21. The first-order valence-electron chi connectivity index (χ1n) is 5.23. The molecule has 4 heteroatoms. The van der Waals surface area contributed by atoms with Gasteiger partial charge in [-0.2, -0.15) is 4.89 Å². The molecule has 0 saturated carbocycles. The molecule has 0 aromatic heterocycles. The van der Waals surface area contributed by atoms with E-state index in [-0.39, 0.29) is 11.5 Å². The van der Waals surface area contributed by atoms with Crippen LogP contribution in [0.15, 0.2) is 18.2 Å². The topological polar surface area (TPSA) is 38.7 Å². The Morgan fingerprint density at radius 2 is 1.75 bits per heavy atom. The Labute approximate surface area is 95.7 Å². The van der Waals surface area contributed by atoms with Gasteiger partial charge in [0, 0.05) is 6.07 Å². The lowest BCUT2D eigenvalue weighted by molar-refractivity contribution is -0.275. The van der Waals surface area contributed by atoms with Gasteiger partial charge in [0.25, 0.3) is 0 Å². The first-order chi connectivity index (χ1) is 7.38. The van der Waals surface area contributed by atoms with E-state index in [0.29, 0.717) is 0 Å². The summed E-state index contributed by atoms with van der Waals surface area (Å²) < 4.78 is 12.7. The fourth-order valence-electron chi connectivity index (χ4n) is 0.725. The SMILES string of the molecule is CC.CC(C)(C)OOc1cc(F)ccc1O. The third-order valence-corrected chi connectivity index (χ3v) is 1.30. The first-order valence-corrected chi connectivity index (χ1v) is 5.23. The van der Waals surface area contributed by atoms with Gasteiger partial charge in [0.1, 0.15) is 11.4 Å². The number of halogens is 1. The molecule has 0 atom stereocenters. The Morgan fingerprint density at radius 3 is 2.25 bits per heavy atom. The van der Waals surface area contributed by atoms with Crippen LogP contribution in [0.4, 0.5) is 4.39 Å². The first kappa shape index (κ1) is 14.7. The highest BCUT2D eigenvalue weighted by Crippen LogP contribution is 2.27. The largest absolute Gasteiger partial charge is 0.504 e. The van der Waals surface area contributed by atoms with Crippen molar-refractivity contribution in [3.63, 3.8) is 0 Å². The number of phenolic OH excluding ortho intramolecular Hbond substituents is 1. The predicted octanol–water partition coefficient (Wildman–Crippen LogP) is 3.67. The number of rotatable bonds is 2. The molecular weight excluding hydrogens is 211 g/mol. The van der Waals surface area contributed by atoms with Crippen LogP contribution in [0.3, 0.4) is 0 Å². The van der Waals surface area contributed by atoms with Crippen LogP contribution in [-0.2, 0) is 4.89 Å². The summed E-state index contributed by atoms with van der Waals surface area (Å²) in [7, 11) is 0. The second-order valence-electron chi connectivity index (χ2n) is 3.89. The van der Waals surface area contributed by atoms with Gasteiger partial charge in [-0.3, -0.25) is 0 Å². The molecule has 1 aromatic rings. The van der Waals surface area contributed by atoms with Crippen LogP contribution in [0, 0.1) is 5.82 Å². The minimum Gasteiger partial charge on any atom is -0.504 e. The van der Waals surface area contributed by atoms with Crippen molar-refractivity contribution in [3.8, 4) is 11.5 Å². The normalized spacial score (nSPS) is 10.4. The lowest BCUT2D eigenvalue weighted by atomic mass is 10.2. The maximum absolute atomic E-state index is 12.7. The highest BCUT2D eigenvalue weighted by Gasteiger charge is 2.14. The van der Waals surface area contributed by atoms with Crippen LogP contribution >= 0.6 is 0 Å². The molecule has 0 aliphatic carbocycles. The van der Waals surface area contributed by atoms with E-state index < -0.39 is 11.4 Å². The van der Waals surface area contributed by atoms with Crippen molar-refractivity contribution in [3.05, 3.63) is 24.0 Å². The molecule has 0 amide bonds. The average molecular weight is 230 g/mol. The van der Waals surface area contributed by atoms with Crippen molar-refractivity contribution in [2.24, 2.45) is 0 Å². The smallest absolute Gasteiger partial charge is 0.209 e. The fraction of sp³-hybridized carbons (Fsp3) is 0.500. The number of hydrogen-bond donors (Lipinski definition) is 1. The molecule has 1 rings (SSSR count). The maximum Gasteiger partial charge on any atom is 0.209 e. The minimum absolute atomic E-state index is 0.0278. The molecule has 0 aliphatic rings. The van der Waals surface area contributed by atoms with Crippen molar-refractivity contribution < 1.29 is 19.3 Å². The van der Waals surface area contributed by atoms with Crippen molar-refractivity contribution in [2.45, 2.75) is 40.2 Å². The van der Waals surface area contributed by atoms with E-state index in [1.165, 1.54) is 6.07 Å². The van der Waals surface area contributed by atoms with Gasteiger partial charge in [-0.1, -0.05) is 13.8 Å². The van der Waals surface area contributed by atoms with E-state index in [2.05, 4.69) is 0 Å². The molecule has 0 bridgehead atoms. The van der Waals surface area contributed by atoms with E-state index >= 15 is 0 Å². The van der Waals surface area contributed by atoms with Gasteiger partial charge in [-0.25, -0.2) is 4.39 Å². The summed E-state index contributed by atoms with van der Waals surface area (Å²) >= 11 is 0. The summed E-state index contributed by atoms with van der Waals surface area (Å²) in [6.45, 7) is 9.34. The van der Waals surface area contributed by atoms with Crippen molar-refractivity contribution in [1.82, 2.24) is 0 Å². The Morgan fingerprint density at radius 1 is 1.19 bits per heavy atom. The second-order valence-corrected chi connectivity index (χ2v) is 3.89. The van der Waals surface area contributed by atoms with Crippen LogP contribution < -0.4 is 4.89 Å². The van der Waals surface area contributed by atoms with E-state index in [0.717, 1.165) is 12.1 Å². The summed E-state index contributed by atoms with van der Waals surface area (Å²) in [6, 6.07) is 3.40. The molecule has 16 heavy (non-hydrogen) atoms. The van der Waals surface area contributed by atoms with Crippen LogP contribution in [-0.4, -0.2) is 10.7 Å². The molecule has 0 saturated heterocycles. The van der Waals surface area contributed by atoms with Gasteiger partial charge >= 0.3 is 0 Å². The van der Waals surface area contributed by atoms with Gasteiger partial charge in [0.15, 0.2) is 5.75 Å². The minimum atomic E-state index is -0.515. The lowest BCUT2D eigenvalue weighted by Gasteiger charge is -2.17. The van der Waals surface area contributed by atoms with Gasteiger partial charge in [-0.05, 0) is 32.9 Å². The quantitative estimate of drug-likeness (QED) is 0.622. The monoisotopic (exact) mass is 230 g/mol. The van der Waals surface area contributed by atoms with Crippen LogP contribution in [0.25, 0.3) is 0 Å². The molecule has 3 nitrogen and oxygen atoms in total. The highest BCUT2D eigenvalue weighted by atomic mass is 19.1. The Bertz CT molecular complexity index is 319. The fourth-order valence-corrected chi connectivity index (χ4v) is 0.725. The van der Waals surface area contributed by atoms with Crippen molar-refractivity contribution >= 4 is 0 Å². The van der Waals surface area contributed by atoms with E-state index in [4.69, 9.17) is 9.78 Å². The Balaban J connectivity index is 0.00000106. The summed E-state index contributed by atoms with van der Waals surface area (Å²) in [6.07, 6.45) is 0. The molecule has 0 spiro atoms.